The maximum atomic E-state index is 12.3. The number of nitrogens with zero attached hydrogens (tertiary/aromatic N) is 2. The summed E-state index contributed by atoms with van der Waals surface area (Å²) < 4.78 is 5.26. The Morgan fingerprint density at radius 1 is 1.12 bits per heavy atom. The number of aromatic hydroxyl groups is 1. The highest BCUT2D eigenvalue weighted by Crippen LogP contribution is 2.36. The van der Waals surface area contributed by atoms with Crippen molar-refractivity contribution in [1.29, 1.82) is 0 Å². The minimum absolute atomic E-state index is 0.117. The number of hydrogen-bond acceptors (Lipinski definition) is 6. The second kappa shape index (κ2) is 9.47. The zero-order chi connectivity index (χ0) is 22.5. The van der Waals surface area contributed by atoms with Crippen LogP contribution in [0.25, 0.3) is 10.9 Å². The highest BCUT2D eigenvalue weighted by molar-refractivity contribution is 5.90. The van der Waals surface area contributed by atoms with Gasteiger partial charge in [0.2, 0.25) is 0 Å². The number of phenols is 1. The third-order valence-corrected chi connectivity index (χ3v) is 5.18. The van der Waals surface area contributed by atoms with Gasteiger partial charge in [-0.1, -0.05) is 37.3 Å². The zero-order valence-corrected chi connectivity index (χ0v) is 18.1. The van der Waals surface area contributed by atoms with E-state index in [2.05, 4.69) is 15.3 Å². The van der Waals surface area contributed by atoms with E-state index in [1.54, 1.807) is 30.6 Å². The van der Waals surface area contributed by atoms with Gasteiger partial charge in [-0.15, -0.1) is 0 Å². The predicted octanol–water partition coefficient (Wildman–Crippen LogP) is 5.41. The van der Waals surface area contributed by atoms with Gasteiger partial charge < -0.3 is 15.2 Å². The molecule has 1 unspecified atom stereocenters. The number of pyridine rings is 2. The van der Waals surface area contributed by atoms with Crippen molar-refractivity contribution in [2.45, 2.75) is 26.3 Å². The van der Waals surface area contributed by atoms with Crippen molar-refractivity contribution in [3.63, 3.8) is 0 Å². The lowest BCUT2D eigenvalue weighted by molar-refractivity contribution is 0.0505. The number of carbonyl (C=O) groups is 1. The summed E-state index contributed by atoms with van der Waals surface area (Å²) in [5, 5.41) is 15.4. The lowest BCUT2D eigenvalue weighted by atomic mass is 9.97. The number of benzene rings is 2. The van der Waals surface area contributed by atoms with Crippen LogP contribution in [0, 0.1) is 6.92 Å². The molecular weight excluding hydrogens is 402 g/mol. The van der Waals surface area contributed by atoms with E-state index in [1.807, 2.05) is 56.3 Å². The van der Waals surface area contributed by atoms with Gasteiger partial charge >= 0.3 is 5.97 Å². The molecule has 162 valence electrons. The van der Waals surface area contributed by atoms with Crippen molar-refractivity contribution in [3.05, 3.63) is 95.4 Å². The molecule has 2 aromatic carbocycles. The Morgan fingerprint density at radius 2 is 1.97 bits per heavy atom. The van der Waals surface area contributed by atoms with Crippen molar-refractivity contribution in [3.8, 4) is 5.75 Å². The smallest absolute Gasteiger partial charge is 0.338 e. The van der Waals surface area contributed by atoms with Crippen LogP contribution in [0.4, 0.5) is 5.69 Å². The van der Waals surface area contributed by atoms with Crippen molar-refractivity contribution in [2.75, 3.05) is 11.9 Å². The molecule has 32 heavy (non-hydrogen) atoms. The normalized spacial score (nSPS) is 11.8. The molecule has 2 aromatic heterocycles. The van der Waals surface area contributed by atoms with Gasteiger partial charge in [0.1, 0.15) is 11.3 Å². The molecule has 0 fully saturated rings. The highest BCUT2D eigenvalue weighted by Gasteiger charge is 2.21. The van der Waals surface area contributed by atoms with Crippen LogP contribution >= 0.6 is 0 Å². The van der Waals surface area contributed by atoms with Crippen molar-refractivity contribution in [2.24, 2.45) is 0 Å². The van der Waals surface area contributed by atoms with E-state index in [0.29, 0.717) is 23.3 Å². The molecular formula is C26H25N3O3. The number of rotatable bonds is 7. The lowest BCUT2D eigenvalue weighted by Gasteiger charge is -2.22. The molecule has 4 rings (SSSR count). The van der Waals surface area contributed by atoms with Crippen LogP contribution in [-0.4, -0.2) is 27.7 Å². The lowest BCUT2D eigenvalue weighted by Crippen LogP contribution is -2.14. The highest BCUT2D eigenvalue weighted by atomic mass is 16.5. The molecule has 6 heteroatoms. The Balaban J connectivity index is 1.75. The molecule has 0 saturated heterocycles. The summed E-state index contributed by atoms with van der Waals surface area (Å²) in [6, 6.07) is 18.2. The number of carbonyl (C=O) groups excluding carboxylic acids is 1. The Morgan fingerprint density at radius 3 is 2.75 bits per heavy atom. The van der Waals surface area contributed by atoms with Gasteiger partial charge in [0.25, 0.3) is 0 Å². The molecule has 0 amide bonds. The van der Waals surface area contributed by atoms with Crippen LogP contribution in [-0.2, 0) is 4.74 Å². The topological polar surface area (TPSA) is 84.3 Å². The SMILES string of the molecule is CCCOC(=O)c1cccc(NC(c2cccnc2)c2ccc3ccc(C)nc3c2O)c1. The number of phenolic OH excluding ortho intramolecular Hbond substituents is 1. The maximum absolute atomic E-state index is 12.3. The monoisotopic (exact) mass is 427 g/mol. The summed E-state index contributed by atoms with van der Waals surface area (Å²) in [6.07, 6.45) is 4.22. The molecule has 2 N–H and O–H groups in total. The molecule has 1 atom stereocenters. The summed E-state index contributed by atoms with van der Waals surface area (Å²) in [6.45, 7) is 4.23. The van der Waals surface area contributed by atoms with Crippen LogP contribution < -0.4 is 5.32 Å². The number of aromatic nitrogens is 2. The van der Waals surface area contributed by atoms with Gasteiger partial charge in [0, 0.05) is 34.7 Å². The maximum Gasteiger partial charge on any atom is 0.338 e. The number of esters is 1. The Labute approximate surface area is 186 Å². The first-order valence-electron chi connectivity index (χ1n) is 10.6. The van der Waals surface area contributed by atoms with Crippen molar-refractivity contribution < 1.29 is 14.6 Å². The largest absolute Gasteiger partial charge is 0.505 e. The summed E-state index contributed by atoms with van der Waals surface area (Å²) in [7, 11) is 0. The van der Waals surface area contributed by atoms with Gasteiger partial charge in [-0.3, -0.25) is 4.98 Å². The Kier molecular flexibility index (Phi) is 6.31. The first-order valence-corrected chi connectivity index (χ1v) is 10.6. The van der Waals surface area contributed by atoms with Gasteiger partial charge in [-0.25, -0.2) is 9.78 Å². The molecule has 0 aliphatic rings. The fourth-order valence-electron chi connectivity index (χ4n) is 3.59. The number of hydrogen-bond donors (Lipinski definition) is 2. The van der Waals surface area contributed by atoms with Crippen LogP contribution in [0.3, 0.4) is 0 Å². The second-order valence-electron chi connectivity index (χ2n) is 7.61. The molecule has 0 aliphatic carbocycles. The second-order valence-corrected chi connectivity index (χ2v) is 7.61. The molecule has 0 saturated carbocycles. The fraction of sp³-hybridized carbons (Fsp3) is 0.192. The fourth-order valence-corrected chi connectivity index (χ4v) is 3.59. The van der Waals surface area contributed by atoms with Crippen molar-refractivity contribution >= 4 is 22.6 Å². The molecule has 6 nitrogen and oxygen atoms in total. The van der Waals surface area contributed by atoms with E-state index in [-0.39, 0.29) is 11.7 Å². The first kappa shape index (κ1) is 21.3. The Hall–Kier alpha value is -3.93. The number of fused-ring (bicyclic) bond motifs is 1. The Bertz CT molecular complexity index is 1240. The number of nitrogens with one attached hydrogen (secondary N) is 1. The number of aryl methyl sites for hydroxylation is 1. The standard InChI is InChI=1S/C26H25N3O3/c1-3-14-32-26(31)19-6-4-8-21(15-19)29-23(20-7-5-13-27-16-20)22-12-11-18-10-9-17(2)28-24(18)25(22)30/h4-13,15-16,23,29-30H,3,14H2,1-2H3. The molecule has 4 aromatic rings. The zero-order valence-electron chi connectivity index (χ0n) is 18.1. The molecule has 0 radical (unpaired) electrons. The van der Waals surface area contributed by atoms with Crippen LogP contribution in [0.15, 0.2) is 73.1 Å². The minimum atomic E-state index is -0.405. The van der Waals surface area contributed by atoms with E-state index >= 15 is 0 Å². The van der Waals surface area contributed by atoms with Gasteiger partial charge in [-0.2, -0.15) is 0 Å². The van der Waals surface area contributed by atoms with Crippen LogP contribution in [0.1, 0.15) is 46.6 Å². The number of ether oxygens (including phenoxy) is 1. The van der Waals surface area contributed by atoms with Gasteiger partial charge in [0.05, 0.1) is 18.2 Å². The van der Waals surface area contributed by atoms with Crippen LogP contribution in [0.5, 0.6) is 5.75 Å². The summed E-state index contributed by atoms with van der Waals surface area (Å²) in [4.78, 5) is 21.1. The molecule has 0 spiro atoms. The quantitative estimate of drug-likeness (QED) is 0.384. The number of anilines is 1. The van der Waals surface area contributed by atoms with E-state index in [9.17, 15) is 9.90 Å². The summed E-state index contributed by atoms with van der Waals surface area (Å²) in [5.41, 5.74) is 4.11. The van der Waals surface area contributed by atoms with E-state index in [0.717, 1.165) is 28.8 Å². The minimum Gasteiger partial charge on any atom is -0.505 e. The van der Waals surface area contributed by atoms with Gasteiger partial charge in [0.15, 0.2) is 0 Å². The molecule has 0 aliphatic heterocycles. The van der Waals surface area contributed by atoms with Crippen LogP contribution in [0.2, 0.25) is 0 Å². The van der Waals surface area contributed by atoms with Crippen molar-refractivity contribution in [1.82, 2.24) is 9.97 Å². The van der Waals surface area contributed by atoms with E-state index in [1.165, 1.54) is 0 Å². The van der Waals surface area contributed by atoms with E-state index < -0.39 is 6.04 Å². The molecule has 0 bridgehead atoms. The predicted molar refractivity (Wildman–Crippen MR) is 125 cm³/mol. The average Bonchev–Trinajstić information content (AvgIpc) is 2.82. The summed E-state index contributed by atoms with van der Waals surface area (Å²) in [5.74, 6) is -0.243. The first-order chi connectivity index (χ1) is 15.6. The van der Waals surface area contributed by atoms with E-state index in [4.69, 9.17) is 4.74 Å². The molecule has 2 heterocycles. The summed E-state index contributed by atoms with van der Waals surface area (Å²) >= 11 is 0. The average molecular weight is 428 g/mol. The third kappa shape index (κ3) is 4.54. The third-order valence-electron chi connectivity index (χ3n) is 5.18. The van der Waals surface area contributed by atoms with Gasteiger partial charge in [-0.05, 0) is 49.2 Å².